The molecule has 0 saturated carbocycles. The van der Waals surface area contributed by atoms with E-state index < -0.39 is 7.14 Å². The summed E-state index contributed by atoms with van der Waals surface area (Å²) in [5.41, 5.74) is 1.19. The summed E-state index contributed by atoms with van der Waals surface area (Å²) in [6, 6.07) is 1.77. The van der Waals surface area contributed by atoms with E-state index in [1.165, 1.54) is 0 Å². The van der Waals surface area contributed by atoms with Crippen LogP contribution in [0.25, 0.3) is 11.5 Å². The molecule has 2 rings (SSSR count). The molecular weight excluding hydrogens is 287 g/mol. The predicted molar refractivity (Wildman–Crippen MR) is 86.0 cm³/mol. The average molecular weight is 310 g/mol. The fourth-order valence-electron chi connectivity index (χ4n) is 2.55. The van der Waals surface area contributed by atoms with Gasteiger partial charge < -0.3 is 19.0 Å². The van der Waals surface area contributed by atoms with E-state index in [1.807, 2.05) is 13.8 Å². The van der Waals surface area contributed by atoms with Gasteiger partial charge in [-0.25, -0.2) is 4.79 Å². The highest BCUT2D eigenvalue weighted by Gasteiger charge is 2.28. The van der Waals surface area contributed by atoms with E-state index >= 15 is 0 Å². The molecule has 0 saturated heterocycles. The lowest BCUT2D eigenvalue weighted by molar-refractivity contribution is 0.574. The molecule has 2 N–H and O–H groups in total. The molecule has 0 spiro atoms. The fraction of sp³-hybridized carbons (Fsp3) is 0.533. The molecule has 0 atom stereocenters. The van der Waals surface area contributed by atoms with Gasteiger partial charge in [-0.15, -0.1) is 0 Å². The molecule has 0 aliphatic rings. The summed E-state index contributed by atoms with van der Waals surface area (Å²) in [6.07, 6.45) is 3.46. The molecule has 0 aromatic carbocycles. The first-order valence-electron chi connectivity index (χ1n) is 7.39. The summed E-state index contributed by atoms with van der Waals surface area (Å²) in [6.45, 7) is 8.02. The zero-order chi connectivity index (χ0) is 15.6. The molecule has 0 bridgehead atoms. The first-order valence-corrected chi connectivity index (χ1v) is 9.46. The molecule has 21 heavy (non-hydrogen) atoms. The highest BCUT2D eigenvalue weighted by molar-refractivity contribution is 7.71. The van der Waals surface area contributed by atoms with Gasteiger partial charge in [-0.3, -0.25) is 0 Å². The van der Waals surface area contributed by atoms with Crippen LogP contribution in [0, 0.1) is 5.92 Å². The van der Waals surface area contributed by atoms with Gasteiger partial charge >= 0.3 is 5.69 Å². The minimum atomic E-state index is -2.46. The first kappa shape index (κ1) is 15.9. The zero-order valence-corrected chi connectivity index (χ0v) is 13.9. The minimum absolute atomic E-state index is 0.258. The number of aromatic nitrogens is 2. The van der Waals surface area contributed by atoms with E-state index in [0.717, 1.165) is 17.4 Å². The quantitative estimate of drug-likeness (QED) is 0.804. The molecule has 5 nitrogen and oxygen atoms in total. The van der Waals surface area contributed by atoms with Crippen LogP contribution >= 0.6 is 7.14 Å². The van der Waals surface area contributed by atoms with E-state index in [1.54, 1.807) is 12.3 Å². The third-order valence-electron chi connectivity index (χ3n) is 3.75. The van der Waals surface area contributed by atoms with Gasteiger partial charge in [0, 0.05) is 18.0 Å². The lowest BCUT2D eigenvalue weighted by atomic mass is 10.1. The van der Waals surface area contributed by atoms with Crippen LogP contribution in [0.3, 0.4) is 0 Å². The average Bonchev–Trinajstić information content (AvgIpc) is 3.04. The number of imidazole rings is 1. The number of rotatable bonds is 6. The lowest BCUT2D eigenvalue weighted by Gasteiger charge is -2.14. The highest BCUT2D eigenvalue weighted by Crippen LogP contribution is 2.46. The van der Waals surface area contributed by atoms with Gasteiger partial charge in [0.1, 0.15) is 12.8 Å². The monoisotopic (exact) mass is 310 g/mol. The Kier molecular flexibility index (Phi) is 4.62. The molecule has 0 aliphatic heterocycles. The van der Waals surface area contributed by atoms with Crippen molar-refractivity contribution in [2.45, 2.75) is 34.1 Å². The molecule has 0 amide bonds. The largest absolute Gasteiger partial charge is 0.462 e. The summed E-state index contributed by atoms with van der Waals surface area (Å²) >= 11 is 0. The number of hydrogen-bond donors (Lipinski definition) is 2. The van der Waals surface area contributed by atoms with Gasteiger partial charge in [-0.1, -0.05) is 27.7 Å². The molecule has 0 radical (unpaired) electrons. The Morgan fingerprint density at radius 2 is 1.90 bits per heavy atom. The molecule has 2 aromatic heterocycles. The second-order valence-electron chi connectivity index (χ2n) is 5.69. The summed E-state index contributed by atoms with van der Waals surface area (Å²) < 4.78 is 18.6. The Bertz CT molecular complexity index is 701. The number of aromatic amines is 2. The summed E-state index contributed by atoms with van der Waals surface area (Å²) in [5, 5.41) is 0.729. The highest BCUT2D eigenvalue weighted by atomic mass is 31.2. The van der Waals surface area contributed by atoms with Crippen LogP contribution in [0.2, 0.25) is 0 Å². The van der Waals surface area contributed by atoms with Crippen molar-refractivity contribution in [3.05, 3.63) is 28.5 Å². The first-order chi connectivity index (χ1) is 9.91. The third-order valence-corrected chi connectivity index (χ3v) is 7.02. The van der Waals surface area contributed by atoms with Crippen molar-refractivity contribution in [2.24, 2.45) is 5.92 Å². The molecular formula is C15H23N2O3P. The Hall–Kier alpha value is -1.48. The maximum Gasteiger partial charge on any atom is 0.323 e. The van der Waals surface area contributed by atoms with E-state index in [0.29, 0.717) is 29.7 Å². The van der Waals surface area contributed by atoms with Crippen LogP contribution in [0.4, 0.5) is 0 Å². The standard InChI is InChI=1S/C15H23N2O3P/c1-5-21(19,6-2)12-7-8-20-14(12)13-11(9-10(3)4)16-15(18)17-13/h7-8,10H,5-6,9H2,1-4H3,(H2,16,17,18). The van der Waals surface area contributed by atoms with Crippen LogP contribution in [-0.2, 0) is 11.0 Å². The van der Waals surface area contributed by atoms with Crippen molar-refractivity contribution in [1.82, 2.24) is 9.97 Å². The van der Waals surface area contributed by atoms with Gasteiger partial charge in [-0.2, -0.15) is 0 Å². The van der Waals surface area contributed by atoms with Crippen LogP contribution in [0.15, 0.2) is 21.5 Å². The van der Waals surface area contributed by atoms with Gasteiger partial charge in [-0.05, 0) is 18.4 Å². The number of H-pyrrole nitrogens is 2. The van der Waals surface area contributed by atoms with Gasteiger partial charge in [0.25, 0.3) is 0 Å². The van der Waals surface area contributed by atoms with Crippen LogP contribution in [0.5, 0.6) is 0 Å². The second kappa shape index (κ2) is 6.10. The number of nitrogens with one attached hydrogen (secondary N) is 2. The minimum Gasteiger partial charge on any atom is -0.462 e. The molecule has 2 heterocycles. The zero-order valence-electron chi connectivity index (χ0n) is 13.0. The topological polar surface area (TPSA) is 78.9 Å². The van der Waals surface area contributed by atoms with Gasteiger partial charge in [0.05, 0.1) is 11.6 Å². The van der Waals surface area contributed by atoms with E-state index in [4.69, 9.17) is 4.42 Å². The Morgan fingerprint density at radius 3 is 2.48 bits per heavy atom. The van der Waals surface area contributed by atoms with E-state index in [9.17, 15) is 9.36 Å². The summed E-state index contributed by atoms with van der Waals surface area (Å²) in [5.74, 6) is 0.939. The number of furan rings is 1. The van der Waals surface area contributed by atoms with Crippen LogP contribution in [-0.4, -0.2) is 22.3 Å². The van der Waals surface area contributed by atoms with Crippen molar-refractivity contribution in [3.8, 4) is 11.5 Å². The fourth-order valence-corrected chi connectivity index (χ4v) is 4.55. The van der Waals surface area contributed by atoms with Gasteiger partial charge in [0.2, 0.25) is 0 Å². The predicted octanol–water partition coefficient (Wildman–Crippen LogP) is 3.19. The molecule has 116 valence electrons. The Morgan fingerprint density at radius 1 is 1.24 bits per heavy atom. The SMILES string of the molecule is CCP(=O)(CC)c1ccoc1-c1[nH]c(=O)[nH]c1CC(C)C. The van der Waals surface area contributed by atoms with Gasteiger partial charge in [0.15, 0.2) is 5.76 Å². The third kappa shape index (κ3) is 3.08. The smallest absolute Gasteiger partial charge is 0.323 e. The van der Waals surface area contributed by atoms with E-state index in [-0.39, 0.29) is 5.69 Å². The number of hydrogen-bond acceptors (Lipinski definition) is 3. The maximum atomic E-state index is 13.0. The molecule has 6 heteroatoms. The summed E-state index contributed by atoms with van der Waals surface area (Å²) in [7, 11) is -2.46. The van der Waals surface area contributed by atoms with Crippen LogP contribution in [0.1, 0.15) is 33.4 Å². The molecule has 2 aromatic rings. The normalized spacial score (nSPS) is 12.2. The maximum absolute atomic E-state index is 13.0. The summed E-state index contributed by atoms with van der Waals surface area (Å²) in [4.78, 5) is 17.3. The van der Waals surface area contributed by atoms with Crippen molar-refractivity contribution in [1.29, 1.82) is 0 Å². The van der Waals surface area contributed by atoms with Crippen molar-refractivity contribution < 1.29 is 8.98 Å². The van der Waals surface area contributed by atoms with Crippen molar-refractivity contribution >= 4 is 12.4 Å². The van der Waals surface area contributed by atoms with Crippen molar-refractivity contribution in [3.63, 3.8) is 0 Å². The van der Waals surface area contributed by atoms with E-state index in [2.05, 4.69) is 23.8 Å². The van der Waals surface area contributed by atoms with Crippen molar-refractivity contribution in [2.75, 3.05) is 12.3 Å². The molecule has 0 unspecified atom stereocenters. The Labute approximate surface area is 124 Å². The lowest BCUT2D eigenvalue weighted by Crippen LogP contribution is -2.10. The Balaban J connectivity index is 2.57. The second-order valence-corrected chi connectivity index (χ2v) is 9.21. The van der Waals surface area contributed by atoms with Crippen LogP contribution < -0.4 is 11.0 Å². The molecule has 0 fully saturated rings. The molecule has 0 aliphatic carbocycles.